The van der Waals surface area contributed by atoms with Gasteiger partial charge in [-0.05, 0) is 55.5 Å². The number of nitrogens with zero attached hydrogens (tertiary/aromatic N) is 1. The molecular formula is C24H19ClN2O3. The van der Waals surface area contributed by atoms with E-state index in [1.807, 2.05) is 43.3 Å². The Hall–Kier alpha value is -3.57. The summed E-state index contributed by atoms with van der Waals surface area (Å²) >= 11 is 5.95. The van der Waals surface area contributed by atoms with Gasteiger partial charge in [0, 0.05) is 16.1 Å². The van der Waals surface area contributed by atoms with Crippen molar-refractivity contribution >= 4 is 23.2 Å². The average Bonchev–Trinajstić information content (AvgIpc) is 3.26. The van der Waals surface area contributed by atoms with Crippen LogP contribution in [0.1, 0.15) is 17.3 Å². The van der Waals surface area contributed by atoms with Crippen LogP contribution >= 0.6 is 11.6 Å². The summed E-state index contributed by atoms with van der Waals surface area (Å²) in [4.78, 5) is 17.4. The Bertz CT molecular complexity index is 1170. The number of hydrogen-bond acceptors (Lipinski definition) is 4. The molecule has 1 aromatic heterocycles. The average molecular weight is 419 g/mol. The minimum absolute atomic E-state index is 0.274. The number of carbonyl (C=O) groups excluding carboxylic acids is 1. The highest BCUT2D eigenvalue weighted by molar-refractivity contribution is 6.30. The van der Waals surface area contributed by atoms with Crippen molar-refractivity contribution in [3.05, 3.63) is 89.6 Å². The van der Waals surface area contributed by atoms with Crippen LogP contribution in [-0.4, -0.2) is 17.5 Å². The van der Waals surface area contributed by atoms with Crippen molar-refractivity contribution in [1.82, 2.24) is 4.98 Å². The van der Waals surface area contributed by atoms with Gasteiger partial charge in [-0.25, -0.2) is 4.98 Å². The van der Waals surface area contributed by atoms with Crippen LogP contribution in [0.25, 0.3) is 22.8 Å². The standard InChI is InChI=1S/C24H19ClN2O3/c1-2-29-21-10-6-5-9-20(21)27-23(28)18-7-3-4-8-19(18)24-26-15-22(30-24)16-11-13-17(25)14-12-16/h3-15H,2H2,1H3,(H,27,28). The fourth-order valence-corrected chi connectivity index (χ4v) is 3.18. The van der Waals surface area contributed by atoms with Crippen molar-refractivity contribution in [2.75, 3.05) is 11.9 Å². The van der Waals surface area contributed by atoms with Crippen LogP contribution in [-0.2, 0) is 0 Å². The maximum Gasteiger partial charge on any atom is 0.256 e. The monoisotopic (exact) mass is 418 g/mol. The van der Waals surface area contributed by atoms with Gasteiger partial charge in [0.1, 0.15) is 5.75 Å². The molecule has 0 aliphatic rings. The first-order valence-electron chi connectivity index (χ1n) is 9.50. The Balaban J connectivity index is 1.63. The summed E-state index contributed by atoms with van der Waals surface area (Å²) in [5.41, 5.74) is 2.51. The van der Waals surface area contributed by atoms with Gasteiger partial charge < -0.3 is 14.5 Å². The number of rotatable bonds is 6. The van der Waals surface area contributed by atoms with Gasteiger partial charge in [0.2, 0.25) is 5.89 Å². The summed E-state index contributed by atoms with van der Waals surface area (Å²) in [5.74, 6) is 1.30. The summed E-state index contributed by atoms with van der Waals surface area (Å²) < 4.78 is 11.5. The number of anilines is 1. The molecule has 0 aliphatic heterocycles. The molecular weight excluding hydrogens is 400 g/mol. The van der Waals surface area contributed by atoms with Crippen molar-refractivity contribution in [2.45, 2.75) is 6.92 Å². The fourth-order valence-electron chi connectivity index (χ4n) is 3.05. The van der Waals surface area contributed by atoms with Crippen molar-refractivity contribution in [1.29, 1.82) is 0 Å². The van der Waals surface area contributed by atoms with Crippen molar-refractivity contribution < 1.29 is 13.9 Å². The predicted molar refractivity (Wildman–Crippen MR) is 118 cm³/mol. The molecule has 0 spiro atoms. The molecule has 0 bridgehead atoms. The molecule has 0 aliphatic carbocycles. The third-order valence-corrected chi connectivity index (χ3v) is 4.72. The summed E-state index contributed by atoms with van der Waals surface area (Å²) in [5, 5.41) is 3.56. The van der Waals surface area contributed by atoms with E-state index in [1.165, 1.54) is 0 Å². The highest BCUT2D eigenvalue weighted by Crippen LogP contribution is 2.30. The highest BCUT2D eigenvalue weighted by Gasteiger charge is 2.18. The zero-order chi connectivity index (χ0) is 20.9. The first-order valence-corrected chi connectivity index (χ1v) is 9.88. The molecule has 0 fully saturated rings. The van der Waals surface area contributed by atoms with Gasteiger partial charge in [-0.3, -0.25) is 4.79 Å². The number of para-hydroxylation sites is 2. The Labute approximate surface area is 179 Å². The van der Waals surface area contributed by atoms with Gasteiger partial charge in [0.05, 0.1) is 24.1 Å². The highest BCUT2D eigenvalue weighted by atomic mass is 35.5. The number of carbonyl (C=O) groups is 1. The number of oxazole rings is 1. The van der Waals surface area contributed by atoms with Crippen molar-refractivity contribution in [2.24, 2.45) is 0 Å². The van der Waals surface area contributed by atoms with E-state index in [9.17, 15) is 4.79 Å². The molecule has 0 atom stereocenters. The van der Waals surface area contributed by atoms with E-state index in [1.54, 1.807) is 42.6 Å². The number of halogens is 1. The second-order valence-electron chi connectivity index (χ2n) is 6.47. The minimum Gasteiger partial charge on any atom is -0.492 e. The number of nitrogens with one attached hydrogen (secondary N) is 1. The zero-order valence-electron chi connectivity index (χ0n) is 16.3. The second kappa shape index (κ2) is 8.84. The molecule has 0 radical (unpaired) electrons. The van der Waals surface area contributed by atoms with Gasteiger partial charge in [0.15, 0.2) is 5.76 Å². The lowest BCUT2D eigenvalue weighted by atomic mass is 10.1. The molecule has 4 aromatic rings. The molecule has 4 rings (SSSR count). The van der Waals surface area contributed by atoms with E-state index < -0.39 is 0 Å². The van der Waals surface area contributed by atoms with Crippen molar-refractivity contribution in [3.63, 3.8) is 0 Å². The molecule has 0 saturated heterocycles. The largest absolute Gasteiger partial charge is 0.492 e. The number of hydrogen-bond donors (Lipinski definition) is 1. The third-order valence-electron chi connectivity index (χ3n) is 4.47. The van der Waals surface area contributed by atoms with Gasteiger partial charge in [0.25, 0.3) is 5.91 Å². The Kier molecular flexibility index (Phi) is 5.82. The summed E-state index contributed by atoms with van der Waals surface area (Å²) in [6, 6.07) is 21.8. The maximum atomic E-state index is 13.0. The molecule has 1 heterocycles. The molecule has 30 heavy (non-hydrogen) atoms. The van der Waals surface area contributed by atoms with Crippen LogP contribution in [0.5, 0.6) is 5.75 Å². The molecule has 1 amide bonds. The molecule has 0 saturated carbocycles. The first kappa shape index (κ1) is 19.7. The molecule has 150 valence electrons. The summed E-state index contributed by atoms with van der Waals surface area (Å²) in [6.07, 6.45) is 1.64. The van der Waals surface area contributed by atoms with Gasteiger partial charge in [-0.1, -0.05) is 35.9 Å². The zero-order valence-corrected chi connectivity index (χ0v) is 17.0. The molecule has 3 aromatic carbocycles. The fraction of sp³-hybridized carbons (Fsp3) is 0.0833. The Morgan fingerprint density at radius 1 is 1.03 bits per heavy atom. The molecule has 5 nitrogen and oxygen atoms in total. The topological polar surface area (TPSA) is 64.4 Å². The number of amides is 1. The summed E-state index contributed by atoms with van der Waals surface area (Å²) in [6.45, 7) is 2.40. The van der Waals surface area contributed by atoms with Crippen molar-refractivity contribution in [3.8, 4) is 28.5 Å². The van der Waals surface area contributed by atoms with Crippen LogP contribution in [0.15, 0.2) is 83.4 Å². The second-order valence-corrected chi connectivity index (χ2v) is 6.90. The van der Waals surface area contributed by atoms with Crippen LogP contribution in [0.4, 0.5) is 5.69 Å². The van der Waals surface area contributed by atoms with Crippen LogP contribution in [0.2, 0.25) is 5.02 Å². The Morgan fingerprint density at radius 2 is 1.77 bits per heavy atom. The first-order chi connectivity index (χ1) is 14.7. The minimum atomic E-state index is -0.274. The predicted octanol–water partition coefficient (Wildman–Crippen LogP) is 6.31. The van der Waals surface area contributed by atoms with Gasteiger partial charge in [-0.15, -0.1) is 0 Å². The molecule has 6 heteroatoms. The van der Waals surface area contributed by atoms with E-state index >= 15 is 0 Å². The molecule has 0 unspecified atom stereocenters. The van der Waals surface area contributed by atoms with E-state index in [2.05, 4.69) is 10.3 Å². The lowest BCUT2D eigenvalue weighted by molar-refractivity contribution is 0.102. The van der Waals surface area contributed by atoms with E-state index in [4.69, 9.17) is 20.8 Å². The molecule has 1 N–H and O–H groups in total. The number of benzene rings is 3. The van der Waals surface area contributed by atoms with E-state index in [0.717, 1.165) is 5.56 Å². The van der Waals surface area contributed by atoms with Crippen LogP contribution in [0, 0.1) is 0 Å². The van der Waals surface area contributed by atoms with Gasteiger partial charge in [-0.2, -0.15) is 0 Å². The van der Waals surface area contributed by atoms with Gasteiger partial charge >= 0.3 is 0 Å². The smallest absolute Gasteiger partial charge is 0.256 e. The SMILES string of the molecule is CCOc1ccccc1NC(=O)c1ccccc1-c1ncc(-c2ccc(Cl)cc2)o1. The third kappa shape index (κ3) is 4.21. The maximum absolute atomic E-state index is 13.0. The number of aromatic nitrogens is 1. The quantitative estimate of drug-likeness (QED) is 0.398. The lowest BCUT2D eigenvalue weighted by Gasteiger charge is -2.12. The lowest BCUT2D eigenvalue weighted by Crippen LogP contribution is -2.14. The number of ether oxygens (including phenoxy) is 1. The summed E-state index contributed by atoms with van der Waals surface area (Å²) in [7, 11) is 0. The van der Waals surface area contributed by atoms with E-state index in [-0.39, 0.29) is 5.91 Å². The van der Waals surface area contributed by atoms with E-state index in [0.29, 0.717) is 45.8 Å². The van der Waals surface area contributed by atoms with Crippen LogP contribution < -0.4 is 10.1 Å². The van der Waals surface area contributed by atoms with Crippen LogP contribution in [0.3, 0.4) is 0 Å². The Morgan fingerprint density at radius 3 is 2.57 bits per heavy atom. The normalized spacial score (nSPS) is 10.6.